The molecule has 1 aliphatic heterocycles. The van der Waals surface area contributed by atoms with Crippen LogP contribution in [0.5, 0.6) is 5.75 Å². The number of hydrazone groups is 1. The molecule has 1 aromatic heterocycles. The number of amides is 1. The summed E-state index contributed by atoms with van der Waals surface area (Å²) in [4.78, 5) is 15.5. The number of hydrogen-bond acceptors (Lipinski definition) is 5. The number of rotatable bonds is 6. The van der Waals surface area contributed by atoms with Crippen molar-refractivity contribution in [2.45, 2.75) is 19.2 Å². The molecule has 2 aromatic rings. The largest absolute Gasteiger partial charge is 0.491 e. The number of alkyl halides is 3. The van der Waals surface area contributed by atoms with Crippen LogP contribution in [0, 0.1) is 6.92 Å². The zero-order valence-corrected chi connectivity index (χ0v) is 14.3. The number of aromatic nitrogens is 1. The SMILES string of the molecule is Cc1nc(C(F)(F)F)ccc1C(=O)N/N=C\c1ccc(OC[C@@H]2CO2)cc1. The van der Waals surface area contributed by atoms with E-state index in [1.165, 1.54) is 13.1 Å². The van der Waals surface area contributed by atoms with E-state index in [2.05, 4.69) is 15.5 Å². The maximum absolute atomic E-state index is 12.6. The number of nitrogens with zero attached hydrogens (tertiary/aromatic N) is 2. The van der Waals surface area contributed by atoms with Crippen molar-refractivity contribution in [3.05, 3.63) is 58.9 Å². The smallest absolute Gasteiger partial charge is 0.433 e. The Kier molecular flexibility index (Phi) is 5.41. The first-order valence-corrected chi connectivity index (χ1v) is 8.05. The predicted octanol–water partition coefficient (Wildman–Crippen LogP) is 2.95. The summed E-state index contributed by atoms with van der Waals surface area (Å²) in [5.74, 6) is 0.0486. The molecule has 1 N–H and O–H groups in total. The molecule has 1 amide bonds. The van der Waals surface area contributed by atoms with Gasteiger partial charge in [-0.2, -0.15) is 18.3 Å². The summed E-state index contributed by atoms with van der Waals surface area (Å²) in [6.07, 6.45) is -2.97. The van der Waals surface area contributed by atoms with E-state index >= 15 is 0 Å². The summed E-state index contributed by atoms with van der Waals surface area (Å²) in [5, 5.41) is 3.81. The highest BCUT2D eigenvalue weighted by molar-refractivity contribution is 5.95. The van der Waals surface area contributed by atoms with Crippen molar-refractivity contribution in [1.29, 1.82) is 0 Å². The Bertz CT molecular complexity index is 847. The molecule has 0 radical (unpaired) electrons. The van der Waals surface area contributed by atoms with Crippen LogP contribution in [0.25, 0.3) is 0 Å². The summed E-state index contributed by atoms with van der Waals surface area (Å²) < 4.78 is 48.4. The van der Waals surface area contributed by atoms with Crippen LogP contribution in [-0.2, 0) is 10.9 Å². The van der Waals surface area contributed by atoms with Gasteiger partial charge in [-0.25, -0.2) is 10.4 Å². The number of hydrogen-bond donors (Lipinski definition) is 1. The minimum absolute atomic E-state index is 0.0196. The molecule has 0 aliphatic carbocycles. The van der Waals surface area contributed by atoms with Gasteiger partial charge in [-0.1, -0.05) is 0 Å². The van der Waals surface area contributed by atoms with Crippen LogP contribution in [0.15, 0.2) is 41.5 Å². The molecule has 0 unspecified atom stereocenters. The number of aryl methyl sites for hydroxylation is 1. The average molecular weight is 379 g/mol. The molecule has 9 heteroatoms. The molecule has 0 spiro atoms. The lowest BCUT2D eigenvalue weighted by atomic mass is 10.1. The Hall–Kier alpha value is -2.94. The summed E-state index contributed by atoms with van der Waals surface area (Å²) in [6, 6.07) is 8.86. The number of carbonyl (C=O) groups excluding carboxylic acids is 1. The van der Waals surface area contributed by atoms with Gasteiger partial charge in [-0.3, -0.25) is 4.79 Å². The number of carbonyl (C=O) groups is 1. The van der Waals surface area contributed by atoms with Crippen molar-refractivity contribution in [1.82, 2.24) is 10.4 Å². The normalized spacial score (nSPS) is 16.4. The van der Waals surface area contributed by atoms with Gasteiger partial charge in [0.05, 0.1) is 24.1 Å². The lowest BCUT2D eigenvalue weighted by Crippen LogP contribution is -2.20. The quantitative estimate of drug-likeness (QED) is 0.476. The highest BCUT2D eigenvalue weighted by Gasteiger charge is 2.33. The molecular weight excluding hydrogens is 363 g/mol. The minimum atomic E-state index is -4.56. The van der Waals surface area contributed by atoms with Crippen molar-refractivity contribution in [2.75, 3.05) is 13.2 Å². The second-order valence-corrected chi connectivity index (χ2v) is 5.86. The summed E-state index contributed by atoms with van der Waals surface area (Å²) in [7, 11) is 0. The zero-order valence-electron chi connectivity index (χ0n) is 14.3. The van der Waals surface area contributed by atoms with Crippen LogP contribution in [0.2, 0.25) is 0 Å². The second-order valence-electron chi connectivity index (χ2n) is 5.86. The molecule has 6 nitrogen and oxygen atoms in total. The average Bonchev–Trinajstić information content (AvgIpc) is 3.44. The Morgan fingerprint density at radius 1 is 1.33 bits per heavy atom. The topological polar surface area (TPSA) is 76.1 Å². The molecule has 1 fully saturated rings. The molecule has 1 aromatic carbocycles. The van der Waals surface area contributed by atoms with Gasteiger partial charge in [0, 0.05) is 0 Å². The molecule has 0 bridgehead atoms. The van der Waals surface area contributed by atoms with E-state index in [0.717, 1.165) is 18.7 Å². The Labute approximate surface area is 153 Å². The Balaban J connectivity index is 1.56. The van der Waals surface area contributed by atoms with Crippen LogP contribution in [-0.4, -0.2) is 36.4 Å². The minimum Gasteiger partial charge on any atom is -0.491 e. The molecule has 1 aliphatic rings. The highest BCUT2D eigenvalue weighted by atomic mass is 19.4. The first-order chi connectivity index (χ1) is 12.8. The van der Waals surface area contributed by atoms with E-state index in [0.29, 0.717) is 17.9 Å². The summed E-state index contributed by atoms with van der Waals surface area (Å²) in [6.45, 7) is 2.56. The number of pyridine rings is 1. The molecular formula is C18H16F3N3O3. The standard InChI is InChI=1S/C18H16F3N3O3/c1-11-15(6-7-16(23-11)18(19,20)21)17(25)24-22-8-12-2-4-13(5-3-12)26-9-14-10-27-14/h2-8,14H,9-10H2,1H3,(H,24,25)/b22-8-/t14-/m1/s1. The van der Waals surface area contributed by atoms with E-state index in [4.69, 9.17) is 9.47 Å². The first-order valence-electron chi connectivity index (χ1n) is 8.05. The van der Waals surface area contributed by atoms with Crippen molar-refractivity contribution in [3.63, 3.8) is 0 Å². The first kappa shape index (κ1) is 18.8. The molecule has 142 valence electrons. The molecule has 0 saturated carbocycles. The van der Waals surface area contributed by atoms with E-state index < -0.39 is 17.8 Å². The number of nitrogens with one attached hydrogen (secondary N) is 1. The van der Waals surface area contributed by atoms with Gasteiger partial charge >= 0.3 is 6.18 Å². The van der Waals surface area contributed by atoms with Crippen LogP contribution in [0.1, 0.15) is 27.3 Å². The number of benzene rings is 1. The fourth-order valence-electron chi connectivity index (χ4n) is 2.19. The second kappa shape index (κ2) is 7.75. The van der Waals surface area contributed by atoms with Gasteiger partial charge < -0.3 is 9.47 Å². The Morgan fingerprint density at radius 2 is 2.04 bits per heavy atom. The lowest BCUT2D eigenvalue weighted by Gasteiger charge is -2.09. The third kappa shape index (κ3) is 5.27. The molecule has 3 rings (SSSR count). The molecule has 1 atom stereocenters. The third-order valence-corrected chi connectivity index (χ3v) is 3.72. The fourth-order valence-corrected chi connectivity index (χ4v) is 2.19. The van der Waals surface area contributed by atoms with Gasteiger partial charge in [0.2, 0.25) is 0 Å². The van der Waals surface area contributed by atoms with Gasteiger partial charge in [-0.15, -0.1) is 0 Å². The number of ether oxygens (including phenoxy) is 2. The van der Waals surface area contributed by atoms with Gasteiger partial charge in [0.15, 0.2) is 0 Å². The van der Waals surface area contributed by atoms with E-state index in [1.54, 1.807) is 24.3 Å². The Morgan fingerprint density at radius 3 is 2.63 bits per heavy atom. The maximum atomic E-state index is 12.6. The predicted molar refractivity (Wildman–Crippen MR) is 90.7 cm³/mol. The van der Waals surface area contributed by atoms with E-state index in [9.17, 15) is 18.0 Å². The van der Waals surface area contributed by atoms with Crippen LogP contribution in [0.4, 0.5) is 13.2 Å². The summed E-state index contributed by atoms with van der Waals surface area (Å²) >= 11 is 0. The molecule has 27 heavy (non-hydrogen) atoms. The third-order valence-electron chi connectivity index (χ3n) is 3.72. The monoisotopic (exact) mass is 379 g/mol. The fraction of sp³-hybridized carbons (Fsp3) is 0.278. The van der Waals surface area contributed by atoms with Gasteiger partial charge in [-0.05, 0) is 48.9 Å². The molecule has 1 saturated heterocycles. The highest BCUT2D eigenvalue weighted by Crippen LogP contribution is 2.28. The lowest BCUT2D eigenvalue weighted by molar-refractivity contribution is -0.141. The molecule has 2 heterocycles. The van der Waals surface area contributed by atoms with Gasteiger partial charge in [0.25, 0.3) is 5.91 Å². The van der Waals surface area contributed by atoms with Crippen LogP contribution < -0.4 is 10.2 Å². The van der Waals surface area contributed by atoms with Crippen molar-refractivity contribution in [3.8, 4) is 5.75 Å². The van der Waals surface area contributed by atoms with Crippen molar-refractivity contribution >= 4 is 12.1 Å². The van der Waals surface area contributed by atoms with Crippen molar-refractivity contribution < 1.29 is 27.4 Å². The van der Waals surface area contributed by atoms with E-state index in [1.807, 2.05) is 0 Å². The van der Waals surface area contributed by atoms with Crippen molar-refractivity contribution in [2.24, 2.45) is 5.10 Å². The van der Waals surface area contributed by atoms with Crippen LogP contribution >= 0.6 is 0 Å². The number of epoxide rings is 1. The van der Waals surface area contributed by atoms with Crippen LogP contribution in [0.3, 0.4) is 0 Å². The van der Waals surface area contributed by atoms with E-state index in [-0.39, 0.29) is 17.4 Å². The van der Waals surface area contributed by atoms with Gasteiger partial charge in [0.1, 0.15) is 24.2 Å². The summed E-state index contributed by atoms with van der Waals surface area (Å²) in [5.41, 5.74) is 1.93. The maximum Gasteiger partial charge on any atom is 0.433 e. The zero-order chi connectivity index (χ0) is 19.4. The number of halogens is 3.